The van der Waals surface area contributed by atoms with Gasteiger partial charge < -0.3 is 15.2 Å². The number of para-hydroxylation sites is 1. The lowest BCUT2D eigenvalue weighted by Gasteiger charge is -2.58. The summed E-state index contributed by atoms with van der Waals surface area (Å²) in [6, 6.07) is 10.00. The third-order valence-electron chi connectivity index (χ3n) is 6.13. The number of benzene rings is 1. The highest BCUT2D eigenvalue weighted by atomic mass is 16.5. The number of carbonyl (C=O) groups is 1. The predicted molar refractivity (Wildman–Crippen MR) is 91.6 cm³/mol. The van der Waals surface area contributed by atoms with Gasteiger partial charge in [-0.1, -0.05) is 18.2 Å². The van der Waals surface area contributed by atoms with Crippen LogP contribution in [0.5, 0.6) is 5.75 Å². The lowest BCUT2D eigenvalue weighted by atomic mass is 9.52. The van der Waals surface area contributed by atoms with Crippen LogP contribution in [0.2, 0.25) is 0 Å². The van der Waals surface area contributed by atoms with Crippen molar-refractivity contribution >= 4 is 5.91 Å². The number of carbonyl (C=O) groups excluding carboxylic acids is 1. The van der Waals surface area contributed by atoms with Crippen LogP contribution in [-0.4, -0.2) is 29.3 Å². The minimum absolute atomic E-state index is 0.135. The topological polar surface area (TPSA) is 58.6 Å². The Morgan fingerprint density at radius 3 is 2.54 bits per heavy atom. The van der Waals surface area contributed by atoms with E-state index in [1.807, 2.05) is 30.3 Å². The molecule has 0 radical (unpaired) electrons. The van der Waals surface area contributed by atoms with Gasteiger partial charge >= 0.3 is 0 Å². The van der Waals surface area contributed by atoms with Gasteiger partial charge in [0.15, 0.2) is 0 Å². The zero-order valence-electron chi connectivity index (χ0n) is 14.1. The monoisotopic (exact) mass is 329 g/mol. The van der Waals surface area contributed by atoms with Crippen LogP contribution >= 0.6 is 0 Å². The molecular formula is C20H27NO3. The molecule has 4 heteroatoms. The van der Waals surface area contributed by atoms with Crippen LogP contribution in [0.3, 0.4) is 0 Å². The second-order valence-corrected chi connectivity index (χ2v) is 8.05. The molecule has 4 aliphatic carbocycles. The van der Waals surface area contributed by atoms with Crippen molar-refractivity contribution in [3.05, 3.63) is 30.3 Å². The summed E-state index contributed by atoms with van der Waals surface area (Å²) in [5.74, 6) is 2.62. The molecule has 4 nitrogen and oxygen atoms in total. The Bertz CT molecular complexity index is 572. The van der Waals surface area contributed by atoms with E-state index in [0.717, 1.165) is 31.4 Å². The van der Waals surface area contributed by atoms with Crippen LogP contribution in [0, 0.1) is 17.8 Å². The molecule has 1 aromatic rings. The molecule has 0 spiro atoms. The first-order valence-electron chi connectivity index (χ1n) is 9.31. The molecule has 4 aliphatic rings. The number of hydrogen-bond acceptors (Lipinski definition) is 3. The van der Waals surface area contributed by atoms with Gasteiger partial charge in [0.25, 0.3) is 0 Å². The van der Waals surface area contributed by atoms with Crippen molar-refractivity contribution in [1.82, 2.24) is 5.32 Å². The molecule has 4 saturated carbocycles. The van der Waals surface area contributed by atoms with Crippen molar-refractivity contribution < 1.29 is 14.6 Å². The van der Waals surface area contributed by atoms with E-state index in [9.17, 15) is 9.90 Å². The average molecular weight is 329 g/mol. The molecule has 2 atom stereocenters. The van der Waals surface area contributed by atoms with E-state index in [-0.39, 0.29) is 11.9 Å². The number of ether oxygens (including phenoxy) is 1. The second-order valence-electron chi connectivity index (χ2n) is 8.05. The van der Waals surface area contributed by atoms with Gasteiger partial charge in [0.05, 0.1) is 12.2 Å². The molecule has 1 amide bonds. The minimum atomic E-state index is -0.429. The fraction of sp³-hybridized carbons (Fsp3) is 0.650. The van der Waals surface area contributed by atoms with Crippen molar-refractivity contribution in [2.45, 2.75) is 56.6 Å². The lowest BCUT2D eigenvalue weighted by Crippen LogP contribution is -2.61. The Balaban J connectivity index is 1.22. The molecular weight excluding hydrogens is 302 g/mol. The largest absolute Gasteiger partial charge is 0.494 e. The minimum Gasteiger partial charge on any atom is -0.494 e. The normalized spacial score (nSPS) is 36.5. The first-order chi connectivity index (χ1) is 11.6. The van der Waals surface area contributed by atoms with Crippen molar-refractivity contribution in [3.63, 3.8) is 0 Å². The predicted octanol–water partition coefficient (Wildman–Crippen LogP) is 2.90. The Hall–Kier alpha value is -1.55. The van der Waals surface area contributed by atoms with Gasteiger partial charge in [0, 0.05) is 12.5 Å². The van der Waals surface area contributed by atoms with Crippen LogP contribution < -0.4 is 10.1 Å². The molecule has 0 heterocycles. The zero-order chi connectivity index (χ0) is 16.6. The van der Waals surface area contributed by atoms with E-state index >= 15 is 0 Å². The number of hydrogen-bond donors (Lipinski definition) is 2. The van der Waals surface area contributed by atoms with E-state index in [2.05, 4.69) is 5.32 Å². The summed E-state index contributed by atoms with van der Waals surface area (Å²) in [6.07, 6.45) is 6.34. The molecule has 2 unspecified atom stereocenters. The Kier molecular flexibility index (Phi) is 4.25. The van der Waals surface area contributed by atoms with Crippen LogP contribution in [0.4, 0.5) is 0 Å². The standard InChI is InChI=1S/C20H27NO3/c22-18(7-4-8-24-17-5-2-1-3-6-17)21-19-15-9-14-10-16(19)13-20(23,11-14)12-15/h1-3,5-6,14-16,19,23H,4,7-13H2,(H,21,22). The summed E-state index contributed by atoms with van der Waals surface area (Å²) < 4.78 is 5.64. The summed E-state index contributed by atoms with van der Waals surface area (Å²) in [5, 5.41) is 13.9. The molecule has 0 saturated heterocycles. The first kappa shape index (κ1) is 15.9. The van der Waals surface area contributed by atoms with E-state index in [1.165, 1.54) is 12.8 Å². The van der Waals surface area contributed by atoms with Gasteiger partial charge in [-0.3, -0.25) is 4.79 Å². The van der Waals surface area contributed by atoms with Crippen molar-refractivity contribution in [2.75, 3.05) is 6.61 Å². The number of aliphatic hydroxyl groups is 1. The fourth-order valence-corrected chi connectivity index (χ4v) is 5.41. The lowest BCUT2D eigenvalue weighted by molar-refractivity contribution is -0.146. The van der Waals surface area contributed by atoms with Gasteiger partial charge in [0.1, 0.15) is 5.75 Å². The molecule has 1 aromatic carbocycles. The SMILES string of the molecule is O=C(CCCOc1ccccc1)NC1C2CC3CC1CC(O)(C3)C2. The summed E-state index contributed by atoms with van der Waals surface area (Å²) in [7, 11) is 0. The molecule has 2 N–H and O–H groups in total. The molecule has 5 rings (SSSR count). The highest BCUT2D eigenvalue weighted by molar-refractivity contribution is 5.76. The Morgan fingerprint density at radius 1 is 1.17 bits per heavy atom. The average Bonchev–Trinajstić information content (AvgIpc) is 2.54. The number of amides is 1. The molecule has 4 fully saturated rings. The van der Waals surface area contributed by atoms with Gasteiger partial charge in [-0.15, -0.1) is 0 Å². The van der Waals surface area contributed by atoms with Crippen LogP contribution in [-0.2, 0) is 4.79 Å². The van der Waals surface area contributed by atoms with E-state index in [1.54, 1.807) is 0 Å². The number of nitrogens with one attached hydrogen (secondary N) is 1. The van der Waals surface area contributed by atoms with E-state index in [0.29, 0.717) is 30.8 Å². The van der Waals surface area contributed by atoms with Gasteiger partial charge in [0.2, 0.25) is 5.91 Å². The third-order valence-corrected chi connectivity index (χ3v) is 6.13. The second kappa shape index (κ2) is 6.40. The van der Waals surface area contributed by atoms with Gasteiger partial charge in [-0.2, -0.15) is 0 Å². The Morgan fingerprint density at radius 2 is 1.88 bits per heavy atom. The highest BCUT2D eigenvalue weighted by Crippen LogP contribution is 2.55. The molecule has 4 bridgehead atoms. The molecule has 24 heavy (non-hydrogen) atoms. The fourth-order valence-electron chi connectivity index (χ4n) is 5.41. The van der Waals surface area contributed by atoms with Crippen molar-refractivity contribution in [2.24, 2.45) is 17.8 Å². The quantitative estimate of drug-likeness (QED) is 0.789. The third kappa shape index (κ3) is 3.30. The van der Waals surface area contributed by atoms with Gasteiger partial charge in [-0.25, -0.2) is 0 Å². The van der Waals surface area contributed by atoms with Crippen molar-refractivity contribution in [3.8, 4) is 5.75 Å². The summed E-state index contributed by atoms with van der Waals surface area (Å²) in [5.41, 5.74) is -0.429. The van der Waals surface area contributed by atoms with Crippen LogP contribution in [0.15, 0.2) is 30.3 Å². The van der Waals surface area contributed by atoms with Crippen molar-refractivity contribution in [1.29, 1.82) is 0 Å². The summed E-state index contributed by atoms with van der Waals surface area (Å²) >= 11 is 0. The maximum absolute atomic E-state index is 12.3. The molecule has 130 valence electrons. The summed E-state index contributed by atoms with van der Waals surface area (Å²) in [4.78, 5) is 12.3. The highest BCUT2D eigenvalue weighted by Gasteiger charge is 2.54. The van der Waals surface area contributed by atoms with E-state index in [4.69, 9.17) is 4.74 Å². The van der Waals surface area contributed by atoms with Crippen LogP contribution in [0.1, 0.15) is 44.9 Å². The number of rotatable bonds is 6. The molecule has 0 aromatic heterocycles. The smallest absolute Gasteiger partial charge is 0.220 e. The molecule has 0 aliphatic heterocycles. The van der Waals surface area contributed by atoms with E-state index < -0.39 is 5.60 Å². The van der Waals surface area contributed by atoms with Crippen LogP contribution in [0.25, 0.3) is 0 Å². The first-order valence-corrected chi connectivity index (χ1v) is 9.31. The van der Waals surface area contributed by atoms with Gasteiger partial charge in [-0.05, 0) is 68.4 Å². The maximum atomic E-state index is 12.3. The summed E-state index contributed by atoms with van der Waals surface area (Å²) in [6.45, 7) is 0.566. The Labute approximate surface area is 143 Å². The maximum Gasteiger partial charge on any atom is 0.220 e. The zero-order valence-corrected chi connectivity index (χ0v) is 14.1.